The molecule has 5 heteroatoms. The Kier molecular flexibility index (Phi) is 4.74. The van der Waals surface area contributed by atoms with Crippen LogP contribution in [0.5, 0.6) is 5.75 Å². The summed E-state index contributed by atoms with van der Waals surface area (Å²) < 4.78 is 5.81. The van der Waals surface area contributed by atoms with Gasteiger partial charge >= 0.3 is 0 Å². The number of non-ortho nitro benzene ring substituents is 1. The summed E-state index contributed by atoms with van der Waals surface area (Å²) in [4.78, 5) is 10.4. The molecule has 104 valence electrons. The third kappa shape index (κ3) is 3.67. The zero-order valence-electron chi connectivity index (χ0n) is 11.2. The predicted molar refractivity (Wildman–Crippen MR) is 73.3 cm³/mol. The van der Waals surface area contributed by atoms with E-state index < -0.39 is 0 Å². The highest BCUT2D eigenvalue weighted by molar-refractivity contribution is 5.43. The smallest absolute Gasteiger partial charge is 0.270 e. The highest BCUT2D eigenvalue weighted by Gasteiger charge is 2.19. The molecule has 1 fully saturated rings. The van der Waals surface area contributed by atoms with Crippen molar-refractivity contribution in [3.05, 3.63) is 33.9 Å². The van der Waals surface area contributed by atoms with E-state index in [9.17, 15) is 10.1 Å². The first kappa shape index (κ1) is 13.8. The number of ether oxygens (including phenoxy) is 1. The zero-order chi connectivity index (χ0) is 13.7. The van der Waals surface area contributed by atoms with Crippen LogP contribution in [0.3, 0.4) is 0 Å². The van der Waals surface area contributed by atoms with Crippen LogP contribution in [0.4, 0.5) is 5.69 Å². The number of nitrogens with one attached hydrogen (secondary N) is 1. The average Bonchev–Trinajstić information content (AvgIpc) is 2.35. The molecular weight excluding hydrogens is 244 g/mol. The molecule has 1 aliphatic rings. The molecule has 0 saturated heterocycles. The largest absolute Gasteiger partial charge is 0.493 e. The SMILES string of the molecule is CCNCc1cc([N+](=O)[O-])ccc1OCC1CCC1. The van der Waals surface area contributed by atoms with Gasteiger partial charge in [0.05, 0.1) is 11.5 Å². The van der Waals surface area contributed by atoms with E-state index in [2.05, 4.69) is 5.32 Å². The Morgan fingerprint density at radius 3 is 2.84 bits per heavy atom. The van der Waals surface area contributed by atoms with Gasteiger partial charge in [-0.05, 0) is 31.4 Å². The van der Waals surface area contributed by atoms with Crippen LogP contribution in [0, 0.1) is 16.0 Å². The summed E-state index contributed by atoms with van der Waals surface area (Å²) in [5.74, 6) is 1.42. The van der Waals surface area contributed by atoms with Gasteiger partial charge in [-0.15, -0.1) is 0 Å². The molecule has 1 saturated carbocycles. The maximum absolute atomic E-state index is 10.8. The standard InChI is InChI=1S/C14H20N2O3/c1-2-15-9-12-8-13(16(17)18)6-7-14(12)19-10-11-4-3-5-11/h6-8,11,15H,2-5,9-10H2,1H3. The number of nitrogens with zero attached hydrogens (tertiary/aromatic N) is 1. The third-order valence-corrected chi connectivity index (χ3v) is 3.52. The summed E-state index contributed by atoms with van der Waals surface area (Å²) in [7, 11) is 0. The van der Waals surface area contributed by atoms with E-state index in [1.165, 1.54) is 25.3 Å². The maximum atomic E-state index is 10.8. The third-order valence-electron chi connectivity index (χ3n) is 3.52. The summed E-state index contributed by atoms with van der Waals surface area (Å²) in [6, 6.07) is 4.81. The second-order valence-corrected chi connectivity index (χ2v) is 4.94. The lowest BCUT2D eigenvalue weighted by molar-refractivity contribution is -0.384. The lowest BCUT2D eigenvalue weighted by Crippen LogP contribution is -2.20. The predicted octanol–water partition coefficient (Wildman–Crippen LogP) is 2.88. The number of rotatable bonds is 7. The quantitative estimate of drug-likeness (QED) is 0.607. The Bertz CT molecular complexity index is 444. The Hall–Kier alpha value is -1.62. The van der Waals surface area contributed by atoms with Crippen LogP contribution >= 0.6 is 0 Å². The molecule has 0 amide bonds. The zero-order valence-corrected chi connectivity index (χ0v) is 11.2. The van der Waals surface area contributed by atoms with Crippen molar-refractivity contribution in [2.75, 3.05) is 13.2 Å². The molecule has 0 aromatic heterocycles. The second kappa shape index (κ2) is 6.52. The Labute approximate surface area is 113 Å². The monoisotopic (exact) mass is 264 g/mol. The number of benzene rings is 1. The fraction of sp³-hybridized carbons (Fsp3) is 0.571. The first-order valence-corrected chi connectivity index (χ1v) is 6.81. The molecule has 2 rings (SSSR count). The van der Waals surface area contributed by atoms with Crippen molar-refractivity contribution >= 4 is 5.69 Å². The van der Waals surface area contributed by atoms with E-state index in [1.54, 1.807) is 12.1 Å². The molecule has 0 radical (unpaired) electrons. The highest BCUT2D eigenvalue weighted by atomic mass is 16.6. The summed E-state index contributed by atoms with van der Waals surface area (Å²) in [5.41, 5.74) is 0.972. The van der Waals surface area contributed by atoms with Gasteiger partial charge in [0, 0.05) is 24.2 Å². The Morgan fingerprint density at radius 2 is 2.26 bits per heavy atom. The van der Waals surface area contributed by atoms with Gasteiger partial charge in [-0.25, -0.2) is 0 Å². The van der Waals surface area contributed by atoms with Crippen molar-refractivity contribution in [1.29, 1.82) is 0 Å². The minimum absolute atomic E-state index is 0.115. The number of nitro benzene ring substituents is 1. The summed E-state index contributed by atoms with van der Waals surface area (Å²) >= 11 is 0. The van der Waals surface area contributed by atoms with Crippen molar-refractivity contribution in [2.24, 2.45) is 5.92 Å². The fourth-order valence-electron chi connectivity index (χ4n) is 2.09. The molecule has 0 unspecified atom stereocenters. The molecule has 0 heterocycles. The maximum Gasteiger partial charge on any atom is 0.270 e. The molecule has 5 nitrogen and oxygen atoms in total. The van der Waals surface area contributed by atoms with Crippen LogP contribution in [0.1, 0.15) is 31.7 Å². The van der Waals surface area contributed by atoms with Crippen molar-refractivity contribution in [1.82, 2.24) is 5.32 Å². The van der Waals surface area contributed by atoms with Crippen LogP contribution in [0.15, 0.2) is 18.2 Å². The van der Waals surface area contributed by atoms with Crippen molar-refractivity contribution in [3.63, 3.8) is 0 Å². The molecule has 0 bridgehead atoms. The molecule has 1 aromatic carbocycles. The Morgan fingerprint density at radius 1 is 1.47 bits per heavy atom. The van der Waals surface area contributed by atoms with E-state index in [1.807, 2.05) is 6.92 Å². The van der Waals surface area contributed by atoms with Gasteiger partial charge in [-0.2, -0.15) is 0 Å². The fourth-order valence-corrected chi connectivity index (χ4v) is 2.09. The van der Waals surface area contributed by atoms with Crippen LogP contribution in [-0.4, -0.2) is 18.1 Å². The summed E-state index contributed by atoms with van der Waals surface area (Å²) in [5, 5.41) is 14.0. The summed E-state index contributed by atoms with van der Waals surface area (Å²) in [6.07, 6.45) is 3.75. The molecular formula is C14H20N2O3. The van der Waals surface area contributed by atoms with Crippen LogP contribution in [0.25, 0.3) is 0 Å². The van der Waals surface area contributed by atoms with E-state index in [0.717, 1.165) is 24.5 Å². The van der Waals surface area contributed by atoms with Crippen LogP contribution in [0.2, 0.25) is 0 Å². The molecule has 1 aliphatic carbocycles. The average molecular weight is 264 g/mol. The van der Waals surface area contributed by atoms with Gasteiger partial charge in [-0.3, -0.25) is 10.1 Å². The van der Waals surface area contributed by atoms with Gasteiger partial charge in [0.1, 0.15) is 5.75 Å². The van der Waals surface area contributed by atoms with E-state index in [4.69, 9.17) is 4.74 Å². The topological polar surface area (TPSA) is 64.4 Å². The number of hydrogen-bond donors (Lipinski definition) is 1. The van der Waals surface area contributed by atoms with E-state index in [0.29, 0.717) is 12.5 Å². The highest BCUT2D eigenvalue weighted by Crippen LogP contribution is 2.29. The first-order chi connectivity index (χ1) is 9.20. The van der Waals surface area contributed by atoms with Crippen molar-refractivity contribution < 1.29 is 9.66 Å². The minimum atomic E-state index is -0.370. The lowest BCUT2D eigenvalue weighted by Gasteiger charge is -2.25. The van der Waals surface area contributed by atoms with Crippen molar-refractivity contribution in [2.45, 2.75) is 32.7 Å². The van der Waals surface area contributed by atoms with Gasteiger partial charge in [0.15, 0.2) is 0 Å². The Balaban J connectivity index is 2.07. The van der Waals surface area contributed by atoms with Gasteiger partial charge < -0.3 is 10.1 Å². The van der Waals surface area contributed by atoms with Gasteiger partial charge in [0.2, 0.25) is 0 Å². The lowest BCUT2D eigenvalue weighted by atomic mass is 9.86. The number of nitro groups is 1. The normalized spacial score (nSPS) is 15.0. The molecule has 0 atom stereocenters. The van der Waals surface area contributed by atoms with Crippen LogP contribution < -0.4 is 10.1 Å². The van der Waals surface area contributed by atoms with Crippen molar-refractivity contribution in [3.8, 4) is 5.75 Å². The van der Waals surface area contributed by atoms with Gasteiger partial charge in [-0.1, -0.05) is 13.3 Å². The molecule has 1 aromatic rings. The van der Waals surface area contributed by atoms with Gasteiger partial charge in [0.25, 0.3) is 5.69 Å². The molecule has 0 aliphatic heterocycles. The van der Waals surface area contributed by atoms with Crippen LogP contribution in [-0.2, 0) is 6.54 Å². The number of hydrogen-bond acceptors (Lipinski definition) is 4. The first-order valence-electron chi connectivity index (χ1n) is 6.81. The summed E-state index contributed by atoms with van der Waals surface area (Å²) in [6.45, 7) is 4.14. The minimum Gasteiger partial charge on any atom is -0.493 e. The molecule has 1 N–H and O–H groups in total. The second-order valence-electron chi connectivity index (χ2n) is 4.94. The molecule has 0 spiro atoms. The molecule has 19 heavy (non-hydrogen) atoms. The van der Waals surface area contributed by atoms with E-state index in [-0.39, 0.29) is 10.6 Å². The van der Waals surface area contributed by atoms with E-state index >= 15 is 0 Å².